The predicted octanol–water partition coefficient (Wildman–Crippen LogP) is 7.10. The van der Waals surface area contributed by atoms with Crippen molar-refractivity contribution in [3.63, 3.8) is 0 Å². The molecule has 2 rings (SSSR count). The van der Waals surface area contributed by atoms with Crippen molar-refractivity contribution in [3.05, 3.63) is 35.9 Å². The highest BCUT2D eigenvalue weighted by atomic mass is 16.6. The van der Waals surface area contributed by atoms with Crippen LogP contribution in [0.2, 0.25) is 0 Å². The Kier molecular flexibility index (Phi) is 13.3. The lowest BCUT2D eigenvalue weighted by atomic mass is 10.0. The van der Waals surface area contributed by atoms with E-state index in [1.807, 2.05) is 32.9 Å². The highest BCUT2D eigenvalue weighted by molar-refractivity contribution is 5.79. The third-order valence-corrected chi connectivity index (χ3v) is 5.96. The maximum absolute atomic E-state index is 12.3. The van der Waals surface area contributed by atoms with Crippen molar-refractivity contribution in [2.45, 2.75) is 91.3 Å². The van der Waals surface area contributed by atoms with E-state index in [1.54, 1.807) is 32.4 Å². The molecular weight excluding hydrogens is 484 g/mol. The number of carbonyl (C=O) groups excluding carboxylic acids is 1. The molecule has 0 aliphatic carbocycles. The van der Waals surface area contributed by atoms with E-state index in [4.69, 9.17) is 23.7 Å². The van der Waals surface area contributed by atoms with Crippen LogP contribution in [0.25, 0.3) is 11.1 Å². The monoisotopic (exact) mass is 530 g/mol. The van der Waals surface area contributed by atoms with Crippen LogP contribution in [0.1, 0.15) is 84.6 Å². The average Bonchev–Trinajstić information content (AvgIpc) is 2.89. The Morgan fingerprint density at radius 3 is 1.87 bits per heavy atom. The molecule has 0 radical (unpaired) electrons. The number of aliphatic hydroxyl groups is 1. The summed E-state index contributed by atoms with van der Waals surface area (Å²) in [6.07, 6.45) is 9.76. The number of esters is 1. The molecule has 2 aromatic rings. The van der Waals surface area contributed by atoms with Crippen LogP contribution in [-0.2, 0) is 16.1 Å². The second-order valence-electron chi connectivity index (χ2n) is 10.4. The number of methoxy groups -OCH3 is 2. The largest absolute Gasteiger partial charge is 0.496 e. The first-order valence-electron chi connectivity index (χ1n) is 13.7. The minimum absolute atomic E-state index is 0.140. The van der Waals surface area contributed by atoms with Gasteiger partial charge in [-0.25, -0.2) is 4.79 Å². The van der Waals surface area contributed by atoms with Gasteiger partial charge in [0.1, 0.15) is 28.6 Å². The van der Waals surface area contributed by atoms with Gasteiger partial charge in [0.05, 0.1) is 33.0 Å². The van der Waals surface area contributed by atoms with Crippen LogP contribution in [0, 0.1) is 0 Å². The van der Waals surface area contributed by atoms with Crippen molar-refractivity contribution in [1.82, 2.24) is 0 Å². The minimum Gasteiger partial charge on any atom is -0.496 e. The molecule has 0 aliphatic heterocycles. The molecule has 38 heavy (non-hydrogen) atoms. The van der Waals surface area contributed by atoms with Crippen molar-refractivity contribution < 1.29 is 33.6 Å². The van der Waals surface area contributed by atoms with Gasteiger partial charge in [0.25, 0.3) is 0 Å². The van der Waals surface area contributed by atoms with E-state index in [0.717, 1.165) is 18.4 Å². The van der Waals surface area contributed by atoms with Gasteiger partial charge in [0, 0.05) is 6.07 Å². The molecule has 0 saturated heterocycles. The van der Waals surface area contributed by atoms with Crippen molar-refractivity contribution in [2.24, 2.45) is 0 Å². The molecule has 0 bridgehead atoms. The summed E-state index contributed by atoms with van der Waals surface area (Å²) in [6.45, 7) is 7.90. The standard InChI is InChI=1S/C31H46O7/c1-7-8-9-10-11-12-13-14-15-36-25-18-24(19-26(20-25)37-22-29(33)38-31(2,3)4)30-27(34-5)16-23(21-32)17-28(30)35-6/h16-20,32H,7-15,21-22H2,1-6H3. The van der Waals surface area contributed by atoms with Crippen LogP contribution in [-0.4, -0.2) is 44.1 Å². The number of carbonyl (C=O) groups is 1. The molecule has 0 aliphatic rings. The Bertz CT molecular complexity index is 969. The van der Waals surface area contributed by atoms with Crippen molar-refractivity contribution in [3.8, 4) is 34.1 Å². The first kappa shape index (κ1) is 31.3. The summed E-state index contributed by atoms with van der Waals surface area (Å²) in [5, 5.41) is 9.65. The summed E-state index contributed by atoms with van der Waals surface area (Å²) in [5.41, 5.74) is 1.52. The number of benzene rings is 2. The van der Waals surface area contributed by atoms with E-state index < -0.39 is 11.6 Å². The predicted molar refractivity (Wildman–Crippen MR) is 150 cm³/mol. The highest BCUT2D eigenvalue weighted by Gasteiger charge is 2.19. The molecular formula is C31H46O7. The molecule has 212 valence electrons. The SMILES string of the molecule is CCCCCCCCCCOc1cc(OCC(=O)OC(C)(C)C)cc(-c2c(OC)cc(CO)cc2OC)c1. The third kappa shape index (κ3) is 10.8. The van der Waals surface area contributed by atoms with Crippen molar-refractivity contribution in [1.29, 1.82) is 0 Å². The van der Waals surface area contributed by atoms with Crippen molar-refractivity contribution in [2.75, 3.05) is 27.4 Å². The summed E-state index contributed by atoms with van der Waals surface area (Å²) in [5.74, 6) is 1.74. The number of hydrogen-bond acceptors (Lipinski definition) is 7. The fourth-order valence-electron chi connectivity index (χ4n) is 4.16. The molecule has 0 amide bonds. The number of unbranched alkanes of at least 4 members (excludes halogenated alkanes) is 7. The van der Waals surface area contributed by atoms with Crippen LogP contribution in [0.15, 0.2) is 30.3 Å². The summed E-state index contributed by atoms with van der Waals surface area (Å²) in [7, 11) is 3.14. The first-order chi connectivity index (χ1) is 18.2. The lowest BCUT2D eigenvalue weighted by molar-refractivity contribution is -0.157. The number of aliphatic hydroxyl groups excluding tert-OH is 1. The fraction of sp³-hybridized carbons (Fsp3) is 0.581. The second kappa shape index (κ2) is 16.1. The van der Waals surface area contributed by atoms with E-state index >= 15 is 0 Å². The third-order valence-electron chi connectivity index (χ3n) is 5.96. The Hall–Kier alpha value is -2.93. The van der Waals surface area contributed by atoms with Gasteiger partial charge in [0.2, 0.25) is 0 Å². The summed E-state index contributed by atoms with van der Waals surface area (Å²) < 4.78 is 28.6. The van der Waals surface area contributed by atoms with Gasteiger partial charge >= 0.3 is 5.97 Å². The molecule has 0 atom stereocenters. The van der Waals surface area contributed by atoms with Gasteiger partial charge in [-0.2, -0.15) is 0 Å². The Morgan fingerprint density at radius 1 is 0.789 bits per heavy atom. The van der Waals surface area contributed by atoms with Crippen LogP contribution < -0.4 is 18.9 Å². The van der Waals surface area contributed by atoms with Gasteiger partial charge < -0.3 is 28.8 Å². The van der Waals surface area contributed by atoms with Gasteiger partial charge in [0.15, 0.2) is 6.61 Å². The van der Waals surface area contributed by atoms with Crippen LogP contribution in [0.5, 0.6) is 23.0 Å². The Labute approximate surface area is 228 Å². The number of rotatable bonds is 17. The second-order valence-corrected chi connectivity index (χ2v) is 10.4. The van der Waals surface area contributed by atoms with E-state index in [0.29, 0.717) is 40.7 Å². The molecule has 0 fully saturated rings. The molecule has 1 N–H and O–H groups in total. The van der Waals surface area contributed by atoms with Crippen LogP contribution in [0.3, 0.4) is 0 Å². The van der Waals surface area contributed by atoms with E-state index in [1.165, 1.54) is 38.5 Å². The zero-order valence-corrected chi connectivity index (χ0v) is 24.1. The lowest BCUT2D eigenvalue weighted by Gasteiger charge is -2.20. The van der Waals surface area contributed by atoms with Crippen LogP contribution in [0.4, 0.5) is 0 Å². The summed E-state index contributed by atoms with van der Waals surface area (Å²) in [4.78, 5) is 12.3. The maximum atomic E-state index is 12.3. The normalized spacial score (nSPS) is 11.2. The molecule has 0 spiro atoms. The van der Waals surface area contributed by atoms with E-state index in [2.05, 4.69) is 6.92 Å². The molecule has 7 heteroatoms. The molecule has 7 nitrogen and oxygen atoms in total. The van der Waals surface area contributed by atoms with E-state index in [9.17, 15) is 9.90 Å². The van der Waals surface area contributed by atoms with Gasteiger partial charge in [-0.05, 0) is 62.6 Å². The lowest BCUT2D eigenvalue weighted by Crippen LogP contribution is -2.27. The highest BCUT2D eigenvalue weighted by Crippen LogP contribution is 2.42. The average molecular weight is 531 g/mol. The maximum Gasteiger partial charge on any atom is 0.344 e. The molecule has 0 saturated carbocycles. The Morgan fingerprint density at radius 2 is 1.34 bits per heavy atom. The van der Waals surface area contributed by atoms with Crippen molar-refractivity contribution >= 4 is 5.97 Å². The van der Waals surface area contributed by atoms with Crippen LogP contribution >= 0.6 is 0 Å². The molecule has 0 unspecified atom stereocenters. The zero-order valence-electron chi connectivity index (χ0n) is 24.1. The number of hydrogen-bond donors (Lipinski definition) is 1. The smallest absolute Gasteiger partial charge is 0.344 e. The topological polar surface area (TPSA) is 83.5 Å². The summed E-state index contributed by atoms with van der Waals surface area (Å²) >= 11 is 0. The summed E-state index contributed by atoms with van der Waals surface area (Å²) in [6, 6.07) is 9.04. The Balaban J connectivity index is 2.22. The van der Waals surface area contributed by atoms with E-state index in [-0.39, 0.29) is 13.2 Å². The van der Waals surface area contributed by atoms with Gasteiger partial charge in [-0.3, -0.25) is 0 Å². The molecule has 0 heterocycles. The molecule has 2 aromatic carbocycles. The quantitative estimate of drug-likeness (QED) is 0.172. The van der Waals surface area contributed by atoms with Gasteiger partial charge in [-0.1, -0.05) is 51.9 Å². The first-order valence-corrected chi connectivity index (χ1v) is 13.7. The zero-order chi connectivity index (χ0) is 28.0. The fourth-order valence-corrected chi connectivity index (χ4v) is 4.16. The minimum atomic E-state index is -0.595. The molecule has 0 aromatic heterocycles. The number of ether oxygens (including phenoxy) is 5. The van der Waals surface area contributed by atoms with Gasteiger partial charge in [-0.15, -0.1) is 0 Å².